The van der Waals surface area contributed by atoms with Gasteiger partial charge in [0.25, 0.3) is 6.43 Å². The molecule has 0 atom stereocenters. The molecule has 4 N–H and O–H groups in total. The van der Waals surface area contributed by atoms with Crippen LogP contribution in [0.2, 0.25) is 0 Å². The molecule has 0 unspecified atom stereocenters. The number of aromatic nitrogens is 1. The molecule has 1 heterocycles. The van der Waals surface area contributed by atoms with Crippen LogP contribution in [-0.2, 0) is 6.42 Å². The van der Waals surface area contributed by atoms with E-state index in [4.69, 9.17) is 5.84 Å². The minimum atomic E-state index is -2.69. The molecule has 1 aliphatic carbocycles. The fourth-order valence-electron chi connectivity index (χ4n) is 3.15. The average Bonchev–Trinajstić information content (AvgIpc) is 2.62. The van der Waals surface area contributed by atoms with Crippen LogP contribution in [-0.4, -0.2) is 4.98 Å². The molecule has 0 fully saturated rings. The van der Waals surface area contributed by atoms with Gasteiger partial charge in [-0.15, -0.1) is 0 Å². The largest absolute Gasteiger partial charge is 0.342 e. The van der Waals surface area contributed by atoms with E-state index in [1.54, 1.807) is 12.3 Å². The van der Waals surface area contributed by atoms with E-state index in [-0.39, 0.29) is 5.56 Å². The molecule has 0 bridgehead atoms. The summed E-state index contributed by atoms with van der Waals surface area (Å²) < 4.78 is 39.3. The lowest BCUT2D eigenvalue weighted by Gasteiger charge is -2.21. The fraction of sp³-hybridized carbons (Fsp3) is 0.316. The van der Waals surface area contributed by atoms with Gasteiger partial charge in [0.15, 0.2) is 0 Å². The summed E-state index contributed by atoms with van der Waals surface area (Å²) in [6, 6.07) is 7.10. The number of nitrogens with zero attached hydrogens (tertiary/aromatic N) is 1. The summed E-state index contributed by atoms with van der Waals surface area (Å²) in [6.07, 6.45) is 3.22. The van der Waals surface area contributed by atoms with Crippen LogP contribution in [0.1, 0.15) is 48.8 Å². The Labute approximate surface area is 150 Å². The number of benzene rings is 1. The molecule has 2 aromatic rings. The van der Waals surface area contributed by atoms with Gasteiger partial charge in [0, 0.05) is 23.2 Å². The van der Waals surface area contributed by atoms with Gasteiger partial charge in [0.2, 0.25) is 0 Å². The Morgan fingerprint density at radius 2 is 1.81 bits per heavy atom. The first-order valence-corrected chi connectivity index (χ1v) is 8.53. The summed E-state index contributed by atoms with van der Waals surface area (Å²) in [5.74, 6) is 5.56. The number of alkyl halides is 2. The maximum atomic E-state index is 13.6. The molecule has 0 aliphatic heterocycles. The van der Waals surface area contributed by atoms with Gasteiger partial charge in [-0.25, -0.2) is 18.2 Å². The van der Waals surface area contributed by atoms with Crippen LogP contribution in [0, 0.1) is 5.82 Å². The average molecular weight is 362 g/mol. The number of allylic oxidation sites excluding steroid dienone is 2. The predicted molar refractivity (Wildman–Crippen MR) is 94.8 cm³/mol. The molecule has 26 heavy (non-hydrogen) atoms. The third-order valence-electron chi connectivity index (χ3n) is 4.39. The molecular weight excluding hydrogens is 341 g/mol. The van der Waals surface area contributed by atoms with Gasteiger partial charge in [0.1, 0.15) is 11.6 Å². The number of nitrogens with two attached hydrogens (primary N) is 1. The number of halogens is 3. The first-order valence-electron chi connectivity index (χ1n) is 8.53. The third kappa shape index (κ3) is 4.54. The monoisotopic (exact) mass is 362 g/mol. The van der Waals surface area contributed by atoms with Gasteiger partial charge < -0.3 is 10.7 Å². The number of rotatable bonds is 6. The lowest BCUT2D eigenvalue weighted by Crippen LogP contribution is -2.26. The molecule has 1 aliphatic rings. The van der Waals surface area contributed by atoms with E-state index in [0.29, 0.717) is 17.8 Å². The first kappa shape index (κ1) is 18.3. The Kier molecular flexibility index (Phi) is 5.78. The summed E-state index contributed by atoms with van der Waals surface area (Å²) >= 11 is 0. The van der Waals surface area contributed by atoms with E-state index >= 15 is 0 Å². The number of hydrogen-bond donors (Lipinski definition) is 3. The van der Waals surface area contributed by atoms with E-state index in [2.05, 4.69) is 15.7 Å². The second kappa shape index (κ2) is 8.23. The van der Waals surface area contributed by atoms with E-state index in [1.807, 2.05) is 6.07 Å². The highest BCUT2D eigenvalue weighted by molar-refractivity contribution is 5.46. The van der Waals surface area contributed by atoms with Crippen molar-refractivity contribution in [2.24, 2.45) is 5.84 Å². The van der Waals surface area contributed by atoms with Crippen LogP contribution in [0.25, 0.3) is 0 Å². The Bertz CT molecular complexity index is 805. The number of hydrogen-bond acceptors (Lipinski definition) is 4. The molecular formula is C19H21F3N4. The highest BCUT2D eigenvalue weighted by Gasteiger charge is 2.13. The molecule has 0 saturated carbocycles. The van der Waals surface area contributed by atoms with Crippen LogP contribution >= 0.6 is 0 Å². The molecule has 1 aromatic carbocycles. The zero-order valence-corrected chi connectivity index (χ0v) is 14.2. The molecule has 4 nitrogen and oxygen atoms in total. The SMILES string of the molecule is NNC1=C(Nc2cc(Cc3cc(F)cc(C(F)F)c3)ccn2)CCCC1. The van der Waals surface area contributed by atoms with Crippen molar-refractivity contribution in [3.63, 3.8) is 0 Å². The lowest BCUT2D eigenvalue weighted by atomic mass is 10.0. The van der Waals surface area contributed by atoms with Crippen molar-refractivity contribution in [1.29, 1.82) is 0 Å². The van der Waals surface area contributed by atoms with E-state index < -0.39 is 12.2 Å². The molecule has 0 saturated heterocycles. The van der Waals surface area contributed by atoms with Crippen molar-refractivity contribution in [1.82, 2.24) is 10.4 Å². The van der Waals surface area contributed by atoms with E-state index in [0.717, 1.165) is 48.7 Å². The zero-order valence-electron chi connectivity index (χ0n) is 14.2. The van der Waals surface area contributed by atoms with E-state index in [1.165, 1.54) is 12.1 Å². The number of anilines is 1. The molecule has 3 rings (SSSR count). The molecule has 0 radical (unpaired) electrons. The second-order valence-electron chi connectivity index (χ2n) is 6.35. The van der Waals surface area contributed by atoms with E-state index in [9.17, 15) is 13.2 Å². The van der Waals surface area contributed by atoms with Crippen LogP contribution in [0.4, 0.5) is 19.0 Å². The molecule has 7 heteroatoms. The number of nitrogens with one attached hydrogen (secondary N) is 2. The summed E-state index contributed by atoms with van der Waals surface area (Å²) in [4.78, 5) is 4.30. The van der Waals surface area contributed by atoms with Crippen LogP contribution < -0.4 is 16.6 Å². The predicted octanol–water partition coefficient (Wildman–Crippen LogP) is 4.41. The minimum absolute atomic E-state index is 0.307. The summed E-state index contributed by atoms with van der Waals surface area (Å²) in [7, 11) is 0. The lowest BCUT2D eigenvalue weighted by molar-refractivity contribution is 0.151. The molecule has 0 amide bonds. The van der Waals surface area contributed by atoms with Crippen LogP contribution in [0.3, 0.4) is 0 Å². The van der Waals surface area contributed by atoms with Crippen molar-refractivity contribution >= 4 is 5.82 Å². The molecule has 1 aromatic heterocycles. The quantitative estimate of drug-likeness (QED) is 0.526. The van der Waals surface area contributed by atoms with Crippen molar-refractivity contribution in [2.75, 3.05) is 5.32 Å². The van der Waals surface area contributed by atoms with Gasteiger partial charge in [0.05, 0.1) is 0 Å². The maximum Gasteiger partial charge on any atom is 0.263 e. The molecule has 0 spiro atoms. The number of hydrazine groups is 1. The Morgan fingerprint density at radius 3 is 2.54 bits per heavy atom. The van der Waals surface area contributed by atoms with Crippen LogP contribution in [0.15, 0.2) is 47.9 Å². The van der Waals surface area contributed by atoms with Crippen molar-refractivity contribution in [3.8, 4) is 0 Å². The highest BCUT2D eigenvalue weighted by atomic mass is 19.3. The summed E-state index contributed by atoms with van der Waals surface area (Å²) in [6.45, 7) is 0. The number of pyridine rings is 1. The van der Waals surface area contributed by atoms with Gasteiger partial charge in [-0.1, -0.05) is 0 Å². The standard InChI is InChI=1S/C19H21F3N4/c20-15-9-13(8-14(11-15)19(21)22)7-12-5-6-24-18(10-12)25-16-3-1-2-4-17(16)26-23/h5-6,8-11,19,26H,1-4,7,23H2,(H,24,25). The Hall–Kier alpha value is -2.54. The smallest absolute Gasteiger partial charge is 0.263 e. The van der Waals surface area contributed by atoms with Gasteiger partial charge >= 0.3 is 0 Å². The summed E-state index contributed by atoms with van der Waals surface area (Å²) in [5.41, 5.74) is 5.75. The first-order chi connectivity index (χ1) is 12.5. The third-order valence-corrected chi connectivity index (χ3v) is 4.39. The van der Waals surface area contributed by atoms with Gasteiger partial charge in [-0.05, 0) is 73.6 Å². The topological polar surface area (TPSA) is 63.0 Å². The normalized spacial score (nSPS) is 14.7. The van der Waals surface area contributed by atoms with Gasteiger partial charge in [-0.2, -0.15) is 0 Å². The van der Waals surface area contributed by atoms with Crippen molar-refractivity contribution in [2.45, 2.75) is 38.5 Å². The van der Waals surface area contributed by atoms with Gasteiger partial charge in [-0.3, -0.25) is 5.84 Å². The van der Waals surface area contributed by atoms with Crippen molar-refractivity contribution < 1.29 is 13.2 Å². The maximum absolute atomic E-state index is 13.6. The van der Waals surface area contributed by atoms with Crippen molar-refractivity contribution in [3.05, 3.63) is 70.4 Å². The Morgan fingerprint density at radius 1 is 1.04 bits per heavy atom. The fourth-order valence-corrected chi connectivity index (χ4v) is 3.15. The van der Waals surface area contributed by atoms with Crippen LogP contribution in [0.5, 0.6) is 0 Å². The molecule has 138 valence electrons. The zero-order chi connectivity index (χ0) is 18.5. The Balaban J connectivity index is 1.79. The summed E-state index contributed by atoms with van der Waals surface area (Å²) in [5, 5.41) is 3.28. The minimum Gasteiger partial charge on any atom is -0.342 e. The second-order valence-corrected chi connectivity index (χ2v) is 6.35. The highest BCUT2D eigenvalue weighted by Crippen LogP contribution is 2.25.